The summed E-state index contributed by atoms with van der Waals surface area (Å²) in [5.41, 5.74) is -1.28. The summed E-state index contributed by atoms with van der Waals surface area (Å²) >= 11 is 5.55. The Hall–Kier alpha value is -1.57. The second-order valence-electron chi connectivity index (χ2n) is 8.44. The van der Waals surface area contributed by atoms with Gasteiger partial charge in [-0.15, -0.1) is 0 Å². The van der Waals surface area contributed by atoms with E-state index in [1.807, 2.05) is 20.8 Å². The fraction of sp³-hybridized carbons (Fsp3) is 0.824. The summed E-state index contributed by atoms with van der Waals surface area (Å²) in [7, 11) is 0. The SMILES string of the molecule is CC(C)(C)OC(=O)N1CCN2C(=S)N(CCC(C)(C)C(=O)O)CC2C1. The van der Waals surface area contributed by atoms with Crippen LogP contribution in [0.5, 0.6) is 0 Å². The van der Waals surface area contributed by atoms with E-state index >= 15 is 0 Å². The topological polar surface area (TPSA) is 73.3 Å². The number of nitrogens with zero attached hydrogens (tertiary/aromatic N) is 3. The molecule has 0 radical (unpaired) electrons. The second-order valence-corrected chi connectivity index (χ2v) is 8.81. The summed E-state index contributed by atoms with van der Waals surface area (Å²) in [5.74, 6) is -0.800. The second kappa shape index (κ2) is 6.97. The molecule has 142 valence electrons. The van der Waals surface area contributed by atoms with Crippen LogP contribution in [-0.4, -0.2) is 81.3 Å². The van der Waals surface area contributed by atoms with Gasteiger partial charge in [0.05, 0.1) is 11.5 Å². The molecule has 0 saturated carbocycles. The third kappa shape index (κ3) is 4.74. The molecular formula is C17H29N3O4S. The lowest BCUT2D eigenvalue weighted by atomic mass is 9.89. The van der Waals surface area contributed by atoms with Crippen LogP contribution in [0.2, 0.25) is 0 Å². The number of carboxylic acids is 1. The van der Waals surface area contributed by atoms with Crippen LogP contribution in [0.25, 0.3) is 0 Å². The van der Waals surface area contributed by atoms with Crippen molar-refractivity contribution in [2.75, 3.05) is 32.7 Å². The molecule has 2 saturated heterocycles. The average molecular weight is 372 g/mol. The molecule has 2 fully saturated rings. The summed E-state index contributed by atoms with van der Waals surface area (Å²) in [5, 5.41) is 10.0. The number of fused-ring (bicyclic) bond motifs is 1. The number of amides is 1. The first-order chi connectivity index (χ1) is 11.4. The molecule has 25 heavy (non-hydrogen) atoms. The number of carbonyl (C=O) groups excluding carboxylic acids is 1. The highest BCUT2D eigenvalue weighted by atomic mass is 32.1. The number of hydrogen-bond donors (Lipinski definition) is 1. The van der Waals surface area contributed by atoms with Crippen molar-refractivity contribution < 1.29 is 19.4 Å². The van der Waals surface area contributed by atoms with E-state index in [1.54, 1.807) is 18.7 Å². The van der Waals surface area contributed by atoms with Gasteiger partial charge in [-0.3, -0.25) is 4.79 Å². The number of piperazine rings is 1. The van der Waals surface area contributed by atoms with Gasteiger partial charge < -0.3 is 24.5 Å². The van der Waals surface area contributed by atoms with Crippen LogP contribution < -0.4 is 0 Å². The van der Waals surface area contributed by atoms with Gasteiger partial charge in [-0.2, -0.15) is 0 Å². The molecule has 7 nitrogen and oxygen atoms in total. The fourth-order valence-corrected chi connectivity index (χ4v) is 3.38. The molecule has 1 N–H and O–H groups in total. The molecule has 8 heteroatoms. The summed E-state index contributed by atoms with van der Waals surface area (Å²) in [6.07, 6.45) is 0.238. The zero-order chi connectivity index (χ0) is 19.0. The lowest BCUT2D eigenvalue weighted by molar-refractivity contribution is -0.147. The maximum Gasteiger partial charge on any atom is 0.410 e. The molecule has 0 aliphatic carbocycles. The Kier molecular flexibility index (Phi) is 5.51. The van der Waals surface area contributed by atoms with Crippen LogP contribution in [0.4, 0.5) is 4.79 Å². The first kappa shape index (κ1) is 19.8. The number of ether oxygens (including phenoxy) is 1. The molecule has 0 bridgehead atoms. The highest BCUT2D eigenvalue weighted by Gasteiger charge is 2.40. The molecule has 1 amide bonds. The maximum atomic E-state index is 12.3. The van der Waals surface area contributed by atoms with Crippen molar-refractivity contribution in [1.29, 1.82) is 0 Å². The zero-order valence-corrected chi connectivity index (χ0v) is 16.6. The van der Waals surface area contributed by atoms with Crippen LogP contribution in [0.3, 0.4) is 0 Å². The fourth-order valence-electron chi connectivity index (χ4n) is 2.98. The van der Waals surface area contributed by atoms with E-state index in [0.29, 0.717) is 39.1 Å². The molecule has 2 heterocycles. The molecule has 2 aliphatic rings. The number of carbonyl (C=O) groups is 2. The van der Waals surface area contributed by atoms with E-state index in [4.69, 9.17) is 17.0 Å². The Labute approximate surface area is 154 Å². The number of carboxylic acid groups (broad SMARTS) is 1. The van der Waals surface area contributed by atoms with Gasteiger partial charge >= 0.3 is 12.1 Å². The van der Waals surface area contributed by atoms with E-state index < -0.39 is 17.0 Å². The first-order valence-corrected chi connectivity index (χ1v) is 9.08. The Morgan fingerprint density at radius 2 is 1.84 bits per heavy atom. The number of hydrogen-bond acceptors (Lipinski definition) is 4. The smallest absolute Gasteiger partial charge is 0.410 e. The minimum absolute atomic E-state index is 0.140. The van der Waals surface area contributed by atoms with Gasteiger partial charge in [0.25, 0.3) is 0 Å². The molecule has 0 aromatic carbocycles. The summed E-state index contributed by atoms with van der Waals surface area (Å²) < 4.78 is 5.45. The standard InChI is InChI=1S/C17H29N3O4S/c1-16(2,3)24-15(23)19-8-9-20-12(11-19)10-18(14(20)25)7-6-17(4,5)13(21)22/h12H,6-11H2,1-5H3,(H,21,22). The van der Waals surface area contributed by atoms with Gasteiger partial charge in [-0.05, 0) is 53.3 Å². The quantitative estimate of drug-likeness (QED) is 0.758. The van der Waals surface area contributed by atoms with Gasteiger partial charge in [0.15, 0.2) is 5.11 Å². The third-order valence-electron chi connectivity index (χ3n) is 4.67. The largest absolute Gasteiger partial charge is 0.481 e. The van der Waals surface area contributed by atoms with Crippen molar-refractivity contribution in [3.63, 3.8) is 0 Å². The van der Waals surface area contributed by atoms with Crippen LogP contribution >= 0.6 is 12.2 Å². The summed E-state index contributed by atoms with van der Waals surface area (Å²) in [6, 6.07) is 0.140. The maximum absolute atomic E-state index is 12.3. The highest BCUT2D eigenvalue weighted by molar-refractivity contribution is 7.80. The Morgan fingerprint density at radius 1 is 1.20 bits per heavy atom. The van der Waals surface area contributed by atoms with Gasteiger partial charge in [-0.1, -0.05) is 0 Å². The lowest BCUT2D eigenvalue weighted by Crippen LogP contribution is -2.54. The van der Waals surface area contributed by atoms with E-state index in [9.17, 15) is 14.7 Å². The molecule has 0 aromatic heterocycles. The predicted octanol–water partition coefficient (Wildman–Crippen LogP) is 2.01. The minimum Gasteiger partial charge on any atom is -0.481 e. The van der Waals surface area contributed by atoms with Crippen molar-refractivity contribution in [2.45, 2.75) is 52.7 Å². The number of rotatable bonds is 4. The monoisotopic (exact) mass is 371 g/mol. The van der Waals surface area contributed by atoms with Gasteiger partial charge in [0.1, 0.15) is 5.60 Å². The van der Waals surface area contributed by atoms with Crippen LogP contribution in [0, 0.1) is 5.41 Å². The van der Waals surface area contributed by atoms with Gasteiger partial charge in [0.2, 0.25) is 0 Å². The van der Waals surface area contributed by atoms with Crippen LogP contribution in [-0.2, 0) is 9.53 Å². The zero-order valence-electron chi connectivity index (χ0n) is 15.7. The Bertz CT molecular complexity index is 559. The lowest BCUT2D eigenvalue weighted by Gasteiger charge is -2.37. The molecular weight excluding hydrogens is 342 g/mol. The molecule has 1 unspecified atom stereocenters. The predicted molar refractivity (Wildman–Crippen MR) is 98.5 cm³/mol. The molecule has 0 spiro atoms. The van der Waals surface area contributed by atoms with Crippen molar-refractivity contribution in [1.82, 2.24) is 14.7 Å². The van der Waals surface area contributed by atoms with Gasteiger partial charge in [-0.25, -0.2) is 4.79 Å². The normalized spacial score (nSPS) is 21.4. The third-order valence-corrected chi connectivity index (χ3v) is 5.16. The Morgan fingerprint density at radius 3 is 2.40 bits per heavy atom. The van der Waals surface area contributed by atoms with E-state index in [1.165, 1.54) is 0 Å². The first-order valence-electron chi connectivity index (χ1n) is 8.67. The molecule has 1 atom stereocenters. The molecule has 2 rings (SSSR count). The van der Waals surface area contributed by atoms with E-state index in [-0.39, 0.29) is 12.1 Å². The highest BCUT2D eigenvalue weighted by Crippen LogP contribution is 2.26. The van der Waals surface area contributed by atoms with E-state index in [0.717, 1.165) is 5.11 Å². The minimum atomic E-state index is -0.800. The van der Waals surface area contributed by atoms with Crippen LogP contribution in [0.15, 0.2) is 0 Å². The van der Waals surface area contributed by atoms with E-state index in [2.05, 4.69) is 9.80 Å². The summed E-state index contributed by atoms with van der Waals surface area (Å²) in [4.78, 5) is 29.5. The number of aliphatic carboxylic acids is 1. The molecule has 0 aromatic rings. The average Bonchev–Trinajstić information content (AvgIpc) is 2.79. The van der Waals surface area contributed by atoms with Crippen molar-refractivity contribution in [3.05, 3.63) is 0 Å². The number of thiocarbonyl (C=S) groups is 1. The van der Waals surface area contributed by atoms with Gasteiger partial charge in [0, 0.05) is 32.7 Å². The van der Waals surface area contributed by atoms with Crippen molar-refractivity contribution >= 4 is 29.4 Å². The van der Waals surface area contributed by atoms with Crippen molar-refractivity contribution in [3.8, 4) is 0 Å². The molecule has 2 aliphatic heterocycles. The Balaban J connectivity index is 1.93. The van der Waals surface area contributed by atoms with Crippen LogP contribution in [0.1, 0.15) is 41.0 Å². The summed E-state index contributed by atoms with van der Waals surface area (Å²) in [6.45, 7) is 12.2. The van der Waals surface area contributed by atoms with Crippen molar-refractivity contribution in [2.24, 2.45) is 5.41 Å².